The van der Waals surface area contributed by atoms with E-state index in [1.54, 1.807) is 0 Å². The molecule has 1 heterocycles. The molecule has 1 saturated heterocycles. The van der Waals surface area contributed by atoms with Gasteiger partial charge in [-0.2, -0.15) is 0 Å². The number of rotatable bonds is 5. The molecule has 0 bridgehead atoms. The van der Waals surface area contributed by atoms with Crippen LogP contribution in [0.1, 0.15) is 30.0 Å². The fourth-order valence-electron chi connectivity index (χ4n) is 3.16. The van der Waals surface area contributed by atoms with Crippen LogP contribution in [-0.2, 0) is 11.2 Å². The minimum absolute atomic E-state index is 0. The first-order valence-electron chi connectivity index (χ1n) is 8.43. The van der Waals surface area contributed by atoms with Crippen molar-refractivity contribution in [3.8, 4) is 0 Å². The van der Waals surface area contributed by atoms with Crippen LogP contribution >= 0.6 is 12.4 Å². The highest BCUT2D eigenvalue weighted by Crippen LogP contribution is 2.20. The number of piperidine rings is 1. The second kappa shape index (κ2) is 9.45. The molecule has 0 aromatic heterocycles. The van der Waals surface area contributed by atoms with Crippen LogP contribution in [-0.4, -0.2) is 19.0 Å². The van der Waals surface area contributed by atoms with E-state index in [1.165, 1.54) is 11.1 Å². The summed E-state index contributed by atoms with van der Waals surface area (Å²) in [5.41, 5.74) is 2.41. The standard InChI is InChI=1S/C20H24N2O.ClH/c23-20(18-11-13-21-14-12-18)22-19(17-9-5-2-6-10-17)15-16-7-3-1-4-8-16;/h1-10,18-19,21H,11-15H2,(H,22,23);1H. The van der Waals surface area contributed by atoms with Gasteiger partial charge in [0, 0.05) is 5.92 Å². The van der Waals surface area contributed by atoms with Crippen molar-refractivity contribution >= 4 is 18.3 Å². The quantitative estimate of drug-likeness (QED) is 0.871. The van der Waals surface area contributed by atoms with Crippen molar-refractivity contribution in [2.24, 2.45) is 5.92 Å². The van der Waals surface area contributed by atoms with E-state index in [2.05, 4.69) is 34.9 Å². The molecule has 3 nitrogen and oxygen atoms in total. The molecule has 1 fully saturated rings. The normalized spacial score (nSPS) is 16.0. The molecule has 1 aliphatic heterocycles. The lowest BCUT2D eigenvalue weighted by molar-refractivity contribution is -0.126. The molecule has 0 spiro atoms. The van der Waals surface area contributed by atoms with E-state index in [-0.39, 0.29) is 30.3 Å². The molecule has 24 heavy (non-hydrogen) atoms. The Bertz CT molecular complexity index is 612. The smallest absolute Gasteiger partial charge is 0.223 e. The van der Waals surface area contributed by atoms with Gasteiger partial charge in [-0.05, 0) is 43.5 Å². The number of hydrogen-bond acceptors (Lipinski definition) is 2. The molecule has 1 aliphatic rings. The first-order valence-corrected chi connectivity index (χ1v) is 8.43. The second-order valence-corrected chi connectivity index (χ2v) is 6.19. The molecule has 4 heteroatoms. The van der Waals surface area contributed by atoms with Crippen LogP contribution in [0.25, 0.3) is 0 Å². The number of carbonyl (C=O) groups excluding carboxylic acids is 1. The van der Waals surface area contributed by atoms with Gasteiger partial charge in [-0.25, -0.2) is 0 Å². The van der Waals surface area contributed by atoms with Crippen molar-refractivity contribution in [2.75, 3.05) is 13.1 Å². The van der Waals surface area contributed by atoms with Crippen LogP contribution < -0.4 is 10.6 Å². The Hall–Kier alpha value is -1.84. The molecule has 128 valence electrons. The Morgan fingerprint density at radius 1 is 1.00 bits per heavy atom. The Labute approximate surface area is 150 Å². The lowest BCUT2D eigenvalue weighted by atomic mass is 9.94. The molecule has 1 amide bonds. The van der Waals surface area contributed by atoms with Gasteiger partial charge < -0.3 is 10.6 Å². The number of benzene rings is 2. The van der Waals surface area contributed by atoms with Crippen LogP contribution in [0.5, 0.6) is 0 Å². The molecule has 3 rings (SSSR count). The summed E-state index contributed by atoms with van der Waals surface area (Å²) < 4.78 is 0. The van der Waals surface area contributed by atoms with Crippen LogP contribution in [0, 0.1) is 5.92 Å². The molecular formula is C20H25ClN2O. The number of nitrogens with one attached hydrogen (secondary N) is 2. The molecule has 1 atom stereocenters. The predicted octanol–water partition coefficient (Wildman–Crippen LogP) is 3.51. The summed E-state index contributed by atoms with van der Waals surface area (Å²) in [5, 5.41) is 6.60. The SMILES string of the molecule is Cl.O=C(NC(Cc1ccccc1)c1ccccc1)C1CCNCC1. The lowest BCUT2D eigenvalue weighted by Crippen LogP contribution is -2.40. The molecule has 2 aromatic rings. The zero-order valence-electron chi connectivity index (χ0n) is 13.8. The maximum atomic E-state index is 12.6. The minimum atomic E-state index is 0. The lowest BCUT2D eigenvalue weighted by Gasteiger charge is -2.26. The average molecular weight is 345 g/mol. The summed E-state index contributed by atoms with van der Waals surface area (Å²) in [4.78, 5) is 12.6. The zero-order chi connectivity index (χ0) is 15.9. The predicted molar refractivity (Wildman–Crippen MR) is 100 cm³/mol. The third-order valence-electron chi connectivity index (χ3n) is 4.51. The second-order valence-electron chi connectivity index (χ2n) is 6.19. The van der Waals surface area contributed by atoms with Crippen molar-refractivity contribution in [3.05, 3.63) is 71.8 Å². The molecule has 0 saturated carbocycles. The van der Waals surface area contributed by atoms with Crippen LogP contribution in [0.3, 0.4) is 0 Å². The van der Waals surface area contributed by atoms with E-state index in [0.29, 0.717) is 0 Å². The summed E-state index contributed by atoms with van der Waals surface area (Å²) >= 11 is 0. The summed E-state index contributed by atoms with van der Waals surface area (Å²) in [6, 6.07) is 20.6. The van der Waals surface area contributed by atoms with Crippen molar-refractivity contribution in [1.82, 2.24) is 10.6 Å². The topological polar surface area (TPSA) is 41.1 Å². The van der Waals surface area contributed by atoms with Gasteiger partial charge in [0.05, 0.1) is 6.04 Å². The number of halogens is 1. The van der Waals surface area contributed by atoms with Gasteiger partial charge in [0.15, 0.2) is 0 Å². The van der Waals surface area contributed by atoms with Gasteiger partial charge in [0.2, 0.25) is 5.91 Å². The van der Waals surface area contributed by atoms with Crippen molar-refractivity contribution in [3.63, 3.8) is 0 Å². The Balaban J connectivity index is 0.00000208. The zero-order valence-corrected chi connectivity index (χ0v) is 14.6. The van der Waals surface area contributed by atoms with Crippen LogP contribution in [0.15, 0.2) is 60.7 Å². The molecule has 2 aromatic carbocycles. The largest absolute Gasteiger partial charge is 0.349 e. The minimum Gasteiger partial charge on any atom is -0.349 e. The highest BCUT2D eigenvalue weighted by molar-refractivity contribution is 5.85. The maximum absolute atomic E-state index is 12.6. The van der Waals surface area contributed by atoms with Crippen molar-refractivity contribution < 1.29 is 4.79 Å². The van der Waals surface area contributed by atoms with E-state index < -0.39 is 0 Å². The first kappa shape index (κ1) is 18.5. The van der Waals surface area contributed by atoms with E-state index in [4.69, 9.17) is 0 Å². The highest BCUT2D eigenvalue weighted by Gasteiger charge is 2.24. The molecule has 0 radical (unpaired) electrons. The average Bonchev–Trinajstić information content (AvgIpc) is 2.63. The van der Waals surface area contributed by atoms with E-state index in [9.17, 15) is 4.79 Å². The summed E-state index contributed by atoms with van der Waals surface area (Å²) in [7, 11) is 0. The van der Waals surface area contributed by atoms with E-state index in [0.717, 1.165) is 32.4 Å². The van der Waals surface area contributed by atoms with Crippen LogP contribution in [0.4, 0.5) is 0 Å². The number of amides is 1. The Morgan fingerprint density at radius 2 is 1.58 bits per heavy atom. The first-order chi connectivity index (χ1) is 11.3. The number of carbonyl (C=O) groups is 1. The summed E-state index contributed by atoms with van der Waals surface area (Å²) in [5.74, 6) is 0.328. The number of hydrogen-bond donors (Lipinski definition) is 2. The third kappa shape index (κ3) is 5.08. The van der Waals surface area contributed by atoms with E-state index in [1.807, 2.05) is 36.4 Å². The maximum Gasteiger partial charge on any atom is 0.223 e. The fourth-order valence-corrected chi connectivity index (χ4v) is 3.16. The van der Waals surface area contributed by atoms with Gasteiger partial charge in [-0.15, -0.1) is 12.4 Å². The molecule has 2 N–H and O–H groups in total. The van der Waals surface area contributed by atoms with Crippen molar-refractivity contribution in [2.45, 2.75) is 25.3 Å². The van der Waals surface area contributed by atoms with E-state index >= 15 is 0 Å². The van der Waals surface area contributed by atoms with Gasteiger partial charge in [-0.1, -0.05) is 60.7 Å². The fraction of sp³-hybridized carbons (Fsp3) is 0.350. The highest BCUT2D eigenvalue weighted by atomic mass is 35.5. The van der Waals surface area contributed by atoms with Gasteiger partial charge in [-0.3, -0.25) is 4.79 Å². The molecule has 1 unspecified atom stereocenters. The summed E-state index contributed by atoms with van der Waals surface area (Å²) in [6.07, 6.45) is 2.68. The Kier molecular flexibility index (Phi) is 7.29. The van der Waals surface area contributed by atoms with Gasteiger partial charge in [0.25, 0.3) is 0 Å². The molecule has 0 aliphatic carbocycles. The monoisotopic (exact) mass is 344 g/mol. The summed E-state index contributed by atoms with van der Waals surface area (Å²) in [6.45, 7) is 1.87. The third-order valence-corrected chi connectivity index (χ3v) is 4.51. The van der Waals surface area contributed by atoms with Gasteiger partial charge >= 0.3 is 0 Å². The molecular weight excluding hydrogens is 320 g/mol. The van der Waals surface area contributed by atoms with Crippen molar-refractivity contribution in [1.29, 1.82) is 0 Å². The Morgan fingerprint density at radius 3 is 2.21 bits per heavy atom. The van der Waals surface area contributed by atoms with Crippen LogP contribution in [0.2, 0.25) is 0 Å². The van der Waals surface area contributed by atoms with Gasteiger partial charge in [0.1, 0.15) is 0 Å².